The first-order chi connectivity index (χ1) is 15.3. The molecule has 1 N–H and O–H groups in total. The van der Waals surface area contributed by atoms with Crippen molar-refractivity contribution >= 4 is 11.4 Å². The van der Waals surface area contributed by atoms with Crippen molar-refractivity contribution < 1.29 is 14.6 Å². The van der Waals surface area contributed by atoms with Crippen molar-refractivity contribution in [3.8, 4) is 0 Å². The Morgan fingerprint density at radius 1 is 1.19 bits per heavy atom. The highest BCUT2D eigenvalue weighted by Gasteiger charge is 2.62. The molecule has 3 heteroatoms. The van der Waals surface area contributed by atoms with Crippen molar-refractivity contribution in [2.45, 2.75) is 70.3 Å². The predicted molar refractivity (Wildman–Crippen MR) is 128 cm³/mol. The molecular formula is C29H36O3. The molecule has 4 aliphatic rings. The molecule has 0 aromatic heterocycles. The molecule has 32 heavy (non-hydrogen) atoms. The van der Waals surface area contributed by atoms with Gasteiger partial charge in [-0.2, -0.15) is 0 Å². The van der Waals surface area contributed by atoms with E-state index in [1.165, 1.54) is 22.3 Å². The molecule has 0 amide bonds. The summed E-state index contributed by atoms with van der Waals surface area (Å²) in [4.78, 5) is 12.2. The molecule has 1 aromatic carbocycles. The van der Waals surface area contributed by atoms with Crippen LogP contribution in [0.3, 0.4) is 0 Å². The summed E-state index contributed by atoms with van der Waals surface area (Å²) in [6.45, 7) is 8.85. The number of allylic oxidation sites excluding steroid dienone is 5. The number of fused-ring (bicyclic) bond motifs is 4. The molecule has 3 nitrogen and oxygen atoms in total. The molecule has 0 spiro atoms. The lowest BCUT2D eigenvalue weighted by Gasteiger charge is -2.54. The molecule has 5 atom stereocenters. The van der Waals surface area contributed by atoms with Gasteiger partial charge >= 0.3 is 0 Å². The van der Waals surface area contributed by atoms with Gasteiger partial charge in [-0.3, -0.25) is 4.79 Å². The maximum Gasteiger partial charge on any atom is 0.156 e. The fraction of sp³-hybridized carbons (Fsp3) is 0.552. The predicted octanol–water partition coefficient (Wildman–Crippen LogP) is 6.00. The largest absolute Gasteiger partial charge is 0.387 e. The van der Waals surface area contributed by atoms with E-state index in [1.807, 2.05) is 13.0 Å². The molecule has 2 saturated carbocycles. The number of benzene rings is 1. The highest BCUT2D eigenvalue weighted by molar-refractivity contribution is 5.93. The Morgan fingerprint density at radius 2 is 1.94 bits per heavy atom. The van der Waals surface area contributed by atoms with Gasteiger partial charge in [0.25, 0.3) is 0 Å². The highest BCUT2D eigenvalue weighted by atomic mass is 16.5. The third-order valence-corrected chi connectivity index (χ3v) is 9.25. The smallest absolute Gasteiger partial charge is 0.156 e. The van der Waals surface area contributed by atoms with Crippen LogP contribution in [0.5, 0.6) is 0 Å². The van der Waals surface area contributed by atoms with Gasteiger partial charge < -0.3 is 9.84 Å². The van der Waals surface area contributed by atoms with Crippen LogP contribution in [-0.2, 0) is 9.53 Å². The van der Waals surface area contributed by atoms with E-state index in [9.17, 15) is 9.90 Å². The summed E-state index contributed by atoms with van der Waals surface area (Å²) in [7, 11) is 1.70. The Kier molecular flexibility index (Phi) is 5.34. The Hall–Kier alpha value is -1.97. The van der Waals surface area contributed by atoms with E-state index in [0.717, 1.165) is 44.1 Å². The third kappa shape index (κ3) is 3.20. The third-order valence-electron chi connectivity index (χ3n) is 9.25. The lowest BCUT2D eigenvalue weighted by Crippen LogP contribution is -2.53. The molecule has 0 aliphatic heterocycles. The molecule has 0 heterocycles. The van der Waals surface area contributed by atoms with Crippen LogP contribution in [-0.4, -0.2) is 30.2 Å². The number of rotatable bonds is 4. The lowest BCUT2D eigenvalue weighted by atomic mass is 9.51. The Bertz CT molecular complexity index is 1010. The summed E-state index contributed by atoms with van der Waals surface area (Å²) in [6.07, 6.45) is 8.30. The normalized spacial score (nSPS) is 36.3. The van der Waals surface area contributed by atoms with Gasteiger partial charge in [-0.1, -0.05) is 48.9 Å². The summed E-state index contributed by atoms with van der Waals surface area (Å²) >= 11 is 0. The molecule has 0 unspecified atom stereocenters. The number of hydrogen-bond donors (Lipinski definition) is 1. The van der Waals surface area contributed by atoms with Gasteiger partial charge in [-0.15, -0.1) is 0 Å². The van der Waals surface area contributed by atoms with Gasteiger partial charge in [0, 0.05) is 24.9 Å². The topological polar surface area (TPSA) is 46.5 Å². The lowest BCUT2D eigenvalue weighted by molar-refractivity contribution is -0.128. The summed E-state index contributed by atoms with van der Waals surface area (Å²) in [5.74, 6) is 1.50. The molecule has 0 saturated heterocycles. The number of carbonyl (C=O) groups excluding carboxylic acids is 1. The minimum Gasteiger partial charge on any atom is -0.387 e. The SMILES string of the molecule is C=C(C)c1ccc([C@H]2C[C@@]3(C)[C@@H](CC[C@@]3(O)COC)[C@@H]3CCC4=CC(=O)CCC4=C32)cc1. The van der Waals surface area contributed by atoms with E-state index in [1.54, 1.807) is 12.7 Å². The van der Waals surface area contributed by atoms with Gasteiger partial charge in [0.2, 0.25) is 0 Å². The van der Waals surface area contributed by atoms with E-state index in [0.29, 0.717) is 24.9 Å². The van der Waals surface area contributed by atoms with Gasteiger partial charge in [-0.05, 0) is 85.6 Å². The van der Waals surface area contributed by atoms with E-state index in [2.05, 4.69) is 37.8 Å². The van der Waals surface area contributed by atoms with Crippen molar-refractivity contribution in [3.05, 3.63) is 64.8 Å². The van der Waals surface area contributed by atoms with Crippen LogP contribution in [0.2, 0.25) is 0 Å². The Morgan fingerprint density at radius 3 is 2.62 bits per heavy atom. The molecular weight excluding hydrogens is 396 g/mol. The first kappa shape index (κ1) is 21.9. The van der Waals surface area contributed by atoms with E-state index < -0.39 is 5.60 Å². The monoisotopic (exact) mass is 432 g/mol. The quantitative estimate of drug-likeness (QED) is 0.635. The van der Waals surface area contributed by atoms with E-state index >= 15 is 0 Å². The number of ketones is 1. The van der Waals surface area contributed by atoms with Crippen LogP contribution in [0.1, 0.15) is 75.8 Å². The van der Waals surface area contributed by atoms with Crippen LogP contribution in [0.15, 0.2) is 53.6 Å². The van der Waals surface area contributed by atoms with Crippen molar-refractivity contribution in [1.29, 1.82) is 0 Å². The number of methoxy groups -OCH3 is 1. The molecule has 0 bridgehead atoms. The van der Waals surface area contributed by atoms with E-state index in [4.69, 9.17) is 4.74 Å². The number of aliphatic hydroxyl groups is 1. The summed E-state index contributed by atoms with van der Waals surface area (Å²) < 4.78 is 5.54. The van der Waals surface area contributed by atoms with Gasteiger partial charge in [0.05, 0.1) is 12.2 Å². The van der Waals surface area contributed by atoms with Gasteiger partial charge in [-0.25, -0.2) is 0 Å². The number of hydrogen-bond acceptors (Lipinski definition) is 3. The zero-order valence-electron chi connectivity index (χ0n) is 19.7. The van der Waals surface area contributed by atoms with Crippen molar-refractivity contribution in [3.63, 3.8) is 0 Å². The first-order valence-corrected chi connectivity index (χ1v) is 12.2. The van der Waals surface area contributed by atoms with Crippen LogP contribution in [0, 0.1) is 17.3 Å². The fourth-order valence-electron chi connectivity index (χ4n) is 7.53. The van der Waals surface area contributed by atoms with Crippen molar-refractivity contribution in [2.24, 2.45) is 17.3 Å². The molecule has 4 aliphatic carbocycles. The molecule has 170 valence electrons. The molecule has 1 aromatic rings. The van der Waals surface area contributed by atoms with Crippen LogP contribution < -0.4 is 0 Å². The summed E-state index contributed by atoms with van der Waals surface area (Å²) in [5, 5.41) is 11.8. The minimum atomic E-state index is -0.781. The summed E-state index contributed by atoms with van der Waals surface area (Å²) in [5.41, 5.74) is 6.93. The van der Waals surface area contributed by atoms with Crippen LogP contribution in [0.4, 0.5) is 0 Å². The Labute approximate surface area is 192 Å². The van der Waals surface area contributed by atoms with Crippen LogP contribution >= 0.6 is 0 Å². The number of ether oxygens (including phenoxy) is 1. The highest BCUT2D eigenvalue weighted by Crippen LogP contribution is 2.66. The average Bonchev–Trinajstić information content (AvgIpc) is 3.03. The van der Waals surface area contributed by atoms with Crippen molar-refractivity contribution in [1.82, 2.24) is 0 Å². The second-order valence-electron chi connectivity index (χ2n) is 10.9. The second-order valence-corrected chi connectivity index (χ2v) is 10.9. The van der Waals surface area contributed by atoms with E-state index in [-0.39, 0.29) is 17.1 Å². The zero-order chi connectivity index (χ0) is 22.7. The first-order valence-electron chi connectivity index (χ1n) is 12.2. The van der Waals surface area contributed by atoms with Crippen molar-refractivity contribution in [2.75, 3.05) is 13.7 Å². The molecule has 0 radical (unpaired) electrons. The Balaban J connectivity index is 1.65. The number of carbonyl (C=O) groups is 1. The van der Waals surface area contributed by atoms with Crippen LogP contribution in [0.25, 0.3) is 5.57 Å². The van der Waals surface area contributed by atoms with Gasteiger partial charge in [0.1, 0.15) is 0 Å². The molecule has 5 rings (SSSR count). The molecule has 2 fully saturated rings. The van der Waals surface area contributed by atoms with Gasteiger partial charge in [0.15, 0.2) is 5.78 Å². The zero-order valence-corrected chi connectivity index (χ0v) is 19.7. The maximum atomic E-state index is 12.2. The standard InChI is InChI=1S/C29H36O3/c1-18(2)19-5-7-20(8-6-19)25-16-28(3)26(13-14-29(28,31)17-32-4)24-11-9-21-15-22(30)10-12-23(21)27(24)25/h5-8,15,24-26,31H,1,9-14,16-17H2,2-4H3/t24-,25+,26-,28-,29+/m0/s1. The fourth-order valence-corrected chi connectivity index (χ4v) is 7.53. The maximum absolute atomic E-state index is 12.2. The summed E-state index contributed by atoms with van der Waals surface area (Å²) in [6, 6.07) is 8.90. The second kappa shape index (κ2) is 7.81. The minimum absolute atomic E-state index is 0.179. The average molecular weight is 433 g/mol.